The van der Waals surface area contributed by atoms with Crippen LogP contribution in [-0.2, 0) is 4.79 Å². The van der Waals surface area contributed by atoms with Crippen LogP contribution in [0.25, 0.3) is 0 Å². The minimum absolute atomic E-state index is 0.00625. The molecule has 21 heavy (non-hydrogen) atoms. The first-order valence-corrected chi connectivity index (χ1v) is 7.88. The van der Waals surface area contributed by atoms with Gasteiger partial charge in [0.25, 0.3) is 0 Å². The standard InChI is InChI=1S/C16H23N3OS/c1-12-5-4-9-19(10-8-12)11-15(20)18-14-7-3-2-6-13(14)16(17)21/h2-3,6-7,12H,4-5,8-11H2,1H3,(H2,17,21)(H,18,20). The summed E-state index contributed by atoms with van der Waals surface area (Å²) in [5.41, 5.74) is 7.09. The molecule has 0 aliphatic carbocycles. The number of nitrogens with one attached hydrogen (secondary N) is 1. The molecule has 4 nitrogen and oxygen atoms in total. The number of carbonyl (C=O) groups is 1. The number of likely N-dealkylation sites (tertiary alicyclic amines) is 1. The lowest BCUT2D eigenvalue weighted by atomic mass is 10.0. The van der Waals surface area contributed by atoms with E-state index in [1.165, 1.54) is 6.42 Å². The van der Waals surface area contributed by atoms with Crippen molar-refractivity contribution in [2.45, 2.75) is 26.2 Å². The third kappa shape index (κ3) is 4.79. The van der Waals surface area contributed by atoms with Gasteiger partial charge in [0, 0.05) is 5.56 Å². The number of hydrogen-bond acceptors (Lipinski definition) is 3. The topological polar surface area (TPSA) is 58.4 Å². The van der Waals surface area contributed by atoms with Crippen LogP contribution < -0.4 is 11.1 Å². The van der Waals surface area contributed by atoms with E-state index in [1.54, 1.807) is 0 Å². The molecule has 0 bridgehead atoms. The van der Waals surface area contributed by atoms with Crippen molar-refractivity contribution in [2.75, 3.05) is 25.0 Å². The number of carbonyl (C=O) groups excluding carboxylic acids is 1. The first-order chi connectivity index (χ1) is 10.1. The van der Waals surface area contributed by atoms with Gasteiger partial charge in [-0.05, 0) is 50.4 Å². The number of benzene rings is 1. The van der Waals surface area contributed by atoms with Crippen LogP contribution in [0.4, 0.5) is 5.69 Å². The largest absolute Gasteiger partial charge is 0.389 e. The molecule has 114 valence electrons. The zero-order chi connectivity index (χ0) is 15.2. The van der Waals surface area contributed by atoms with Gasteiger partial charge in [0.15, 0.2) is 0 Å². The van der Waals surface area contributed by atoms with Crippen molar-refractivity contribution >= 4 is 28.8 Å². The molecule has 1 aromatic rings. The van der Waals surface area contributed by atoms with Gasteiger partial charge in [-0.25, -0.2) is 0 Å². The number of para-hydroxylation sites is 1. The van der Waals surface area contributed by atoms with Crippen molar-refractivity contribution in [1.82, 2.24) is 4.90 Å². The summed E-state index contributed by atoms with van der Waals surface area (Å²) >= 11 is 5.01. The molecule has 0 aromatic heterocycles. The van der Waals surface area contributed by atoms with E-state index >= 15 is 0 Å². The highest BCUT2D eigenvalue weighted by Gasteiger charge is 2.17. The predicted molar refractivity (Wildman–Crippen MR) is 90.4 cm³/mol. The molecule has 1 unspecified atom stereocenters. The summed E-state index contributed by atoms with van der Waals surface area (Å²) in [6, 6.07) is 7.38. The molecule has 1 aliphatic heterocycles. The van der Waals surface area contributed by atoms with Crippen LogP contribution in [0, 0.1) is 5.92 Å². The number of nitrogens with zero attached hydrogens (tertiary/aromatic N) is 1. The first-order valence-electron chi connectivity index (χ1n) is 7.47. The average Bonchev–Trinajstić information content (AvgIpc) is 2.64. The van der Waals surface area contributed by atoms with Crippen LogP contribution in [0.1, 0.15) is 31.7 Å². The molecular formula is C16H23N3OS. The summed E-state index contributed by atoms with van der Waals surface area (Å²) in [4.78, 5) is 14.7. The monoisotopic (exact) mass is 305 g/mol. The third-order valence-corrected chi connectivity index (χ3v) is 4.16. The van der Waals surface area contributed by atoms with Gasteiger partial charge < -0.3 is 11.1 Å². The maximum Gasteiger partial charge on any atom is 0.238 e. The van der Waals surface area contributed by atoms with Gasteiger partial charge in [0.05, 0.1) is 12.2 Å². The number of anilines is 1. The van der Waals surface area contributed by atoms with Crippen molar-refractivity contribution in [2.24, 2.45) is 11.7 Å². The fourth-order valence-electron chi connectivity index (χ4n) is 2.68. The van der Waals surface area contributed by atoms with E-state index in [0.717, 1.165) is 31.8 Å². The summed E-state index contributed by atoms with van der Waals surface area (Å²) in [6.07, 6.45) is 3.58. The number of nitrogens with two attached hydrogens (primary N) is 1. The van der Waals surface area contributed by atoms with Gasteiger partial charge >= 0.3 is 0 Å². The Morgan fingerprint density at radius 3 is 2.90 bits per heavy atom. The highest BCUT2D eigenvalue weighted by molar-refractivity contribution is 7.80. The van der Waals surface area contributed by atoms with E-state index in [-0.39, 0.29) is 5.91 Å². The lowest BCUT2D eigenvalue weighted by Gasteiger charge is -2.19. The second kappa shape index (κ2) is 7.52. The predicted octanol–water partition coefficient (Wildman–Crippen LogP) is 2.38. The summed E-state index contributed by atoms with van der Waals surface area (Å²) in [5, 5.41) is 2.92. The number of thiocarbonyl (C=S) groups is 1. The second-order valence-electron chi connectivity index (χ2n) is 5.77. The van der Waals surface area contributed by atoms with Crippen LogP contribution in [0.5, 0.6) is 0 Å². The van der Waals surface area contributed by atoms with E-state index in [2.05, 4.69) is 17.1 Å². The van der Waals surface area contributed by atoms with Crippen molar-refractivity contribution in [3.8, 4) is 0 Å². The smallest absolute Gasteiger partial charge is 0.238 e. The molecule has 2 rings (SSSR count). The Kier molecular flexibility index (Phi) is 5.70. The molecule has 3 N–H and O–H groups in total. The van der Waals surface area contributed by atoms with Crippen LogP contribution in [0.15, 0.2) is 24.3 Å². The molecule has 1 aliphatic rings. The van der Waals surface area contributed by atoms with Gasteiger partial charge in [0.1, 0.15) is 4.99 Å². The zero-order valence-electron chi connectivity index (χ0n) is 12.5. The Morgan fingerprint density at radius 1 is 1.38 bits per heavy atom. The number of hydrogen-bond donors (Lipinski definition) is 2. The van der Waals surface area contributed by atoms with Gasteiger partial charge in [-0.15, -0.1) is 0 Å². The molecule has 5 heteroatoms. The highest BCUT2D eigenvalue weighted by atomic mass is 32.1. The lowest BCUT2D eigenvalue weighted by Crippen LogP contribution is -2.34. The van der Waals surface area contributed by atoms with Gasteiger partial charge in [-0.3, -0.25) is 9.69 Å². The van der Waals surface area contributed by atoms with Crippen LogP contribution in [0.3, 0.4) is 0 Å². The SMILES string of the molecule is CC1CCCN(CC(=O)Nc2ccccc2C(N)=S)CC1. The molecule has 0 saturated carbocycles. The van der Waals surface area contributed by atoms with E-state index in [9.17, 15) is 4.79 Å². The Balaban J connectivity index is 1.94. The Hall–Kier alpha value is -1.46. The summed E-state index contributed by atoms with van der Waals surface area (Å²) in [7, 11) is 0. The average molecular weight is 305 g/mol. The van der Waals surface area contributed by atoms with Crippen molar-refractivity contribution < 1.29 is 4.79 Å². The first kappa shape index (κ1) is 15.9. The molecule has 1 atom stereocenters. The number of amides is 1. The van der Waals surface area contributed by atoms with Crippen molar-refractivity contribution in [1.29, 1.82) is 0 Å². The maximum atomic E-state index is 12.2. The molecule has 1 fully saturated rings. The van der Waals surface area contributed by atoms with Crippen molar-refractivity contribution in [3.63, 3.8) is 0 Å². The molecule has 0 radical (unpaired) electrons. The molecule has 1 aromatic carbocycles. The Morgan fingerprint density at radius 2 is 2.14 bits per heavy atom. The fourth-order valence-corrected chi connectivity index (χ4v) is 2.86. The number of rotatable bonds is 4. The molecule has 1 heterocycles. The minimum Gasteiger partial charge on any atom is -0.389 e. The Labute approximate surface area is 131 Å². The lowest BCUT2D eigenvalue weighted by molar-refractivity contribution is -0.117. The molecule has 1 saturated heterocycles. The van der Waals surface area contributed by atoms with Crippen molar-refractivity contribution in [3.05, 3.63) is 29.8 Å². The summed E-state index contributed by atoms with van der Waals surface area (Å²) in [6.45, 7) is 4.70. The van der Waals surface area contributed by atoms with Gasteiger partial charge in [-0.1, -0.05) is 31.3 Å². The molecular weight excluding hydrogens is 282 g/mol. The quantitative estimate of drug-likeness (QED) is 0.839. The highest BCUT2D eigenvalue weighted by Crippen LogP contribution is 2.17. The summed E-state index contributed by atoms with van der Waals surface area (Å²) in [5.74, 6) is 0.752. The molecule has 1 amide bonds. The van der Waals surface area contributed by atoms with Crippen LogP contribution >= 0.6 is 12.2 Å². The minimum atomic E-state index is -0.00625. The van der Waals surface area contributed by atoms with Crippen LogP contribution in [0.2, 0.25) is 0 Å². The fraction of sp³-hybridized carbons (Fsp3) is 0.500. The van der Waals surface area contributed by atoms with E-state index in [4.69, 9.17) is 18.0 Å². The van der Waals surface area contributed by atoms with E-state index in [1.807, 2.05) is 24.3 Å². The van der Waals surface area contributed by atoms with Crippen LogP contribution in [-0.4, -0.2) is 35.4 Å². The maximum absolute atomic E-state index is 12.2. The molecule has 0 spiro atoms. The third-order valence-electron chi connectivity index (χ3n) is 3.94. The summed E-state index contributed by atoms with van der Waals surface area (Å²) < 4.78 is 0. The van der Waals surface area contributed by atoms with Gasteiger partial charge in [-0.2, -0.15) is 0 Å². The van der Waals surface area contributed by atoms with E-state index in [0.29, 0.717) is 22.8 Å². The zero-order valence-corrected chi connectivity index (χ0v) is 13.3. The second-order valence-corrected chi connectivity index (χ2v) is 6.21. The van der Waals surface area contributed by atoms with E-state index < -0.39 is 0 Å². The Bertz CT molecular complexity index is 518. The van der Waals surface area contributed by atoms with Gasteiger partial charge in [0.2, 0.25) is 5.91 Å². The normalized spacial score (nSPS) is 19.8.